The van der Waals surface area contributed by atoms with Gasteiger partial charge in [-0.3, -0.25) is 9.36 Å². The average Bonchev–Trinajstić information content (AvgIpc) is 3.44. The number of carbonyl (C=O) groups is 1. The molecule has 4 rings (SSSR count). The summed E-state index contributed by atoms with van der Waals surface area (Å²) < 4.78 is 13.2. The van der Waals surface area contributed by atoms with Gasteiger partial charge in [0.05, 0.1) is 28.6 Å². The normalized spacial score (nSPS) is 10.9. The predicted octanol–water partition coefficient (Wildman–Crippen LogP) is 5.78. The summed E-state index contributed by atoms with van der Waals surface area (Å²) in [6, 6.07) is 18.0. The first-order chi connectivity index (χ1) is 15.1. The monoisotopic (exact) mass is 473 g/mol. The van der Waals surface area contributed by atoms with Crippen molar-refractivity contribution in [3.05, 3.63) is 94.1 Å². The quantitative estimate of drug-likeness (QED) is 0.226. The van der Waals surface area contributed by atoms with Crippen molar-refractivity contribution in [1.29, 1.82) is 0 Å². The van der Waals surface area contributed by atoms with Gasteiger partial charge < -0.3 is 9.15 Å². The van der Waals surface area contributed by atoms with Gasteiger partial charge in [0.15, 0.2) is 16.8 Å². The molecule has 158 valence electrons. The second-order valence-electron chi connectivity index (χ2n) is 6.51. The van der Waals surface area contributed by atoms with E-state index in [9.17, 15) is 4.79 Å². The molecular formula is C22H17Cl2N3O3S. The Bertz CT molecular complexity index is 1160. The molecule has 2 aromatic carbocycles. The predicted molar refractivity (Wildman–Crippen MR) is 120 cm³/mol. The Balaban J connectivity index is 1.49. The maximum atomic E-state index is 12.6. The Hall–Kier alpha value is -2.74. The second-order valence-corrected chi connectivity index (χ2v) is 8.26. The minimum Gasteiger partial charge on any atom is -0.486 e. The van der Waals surface area contributed by atoms with Gasteiger partial charge in [-0.1, -0.05) is 53.2 Å². The van der Waals surface area contributed by atoms with Crippen LogP contribution in [0.2, 0.25) is 10.0 Å². The molecule has 0 unspecified atom stereocenters. The maximum Gasteiger partial charge on any atom is 0.192 e. The molecule has 0 amide bonds. The molecule has 2 aromatic heterocycles. The summed E-state index contributed by atoms with van der Waals surface area (Å²) in [6.07, 6.45) is 1.61. The third-order valence-electron chi connectivity index (χ3n) is 4.37. The van der Waals surface area contributed by atoms with Crippen molar-refractivity contribution < 1.29 is 13.9 Å². The fourth-order valence-corrected chi connectivity index (χ4v) is 3.95. The average molecular weight is 474 g/mol. The highest BCUT2D eigenvalue weighted by molar-refractivity contribution is 7.99. The fourth-order valence-electron chi connectivity index (χ4n) is 2.80. The number of Topliss-reactive ketones (excluding diaryl/α,β-unsaturated/α-hetero) is 1. The number of hydrogen-bond acceptors (Lipinski definition) is 6. The second kappa shape index (κ2) is 10.0. The summed E-state index contributed by atoms with van der Waals surface area (Å²) in [5, 5.41) is 9.87. The molecule has 0 aliphatic rings. The number of ketones is 1. The smallest absolute Gasteiger partial charge is 0.192 e. The van der Waals surface area contributed by atoms with E-state index in [0.717, 1.165) is 11.5 Å². The highest BCUT2D eigenvalue weighted by atomic mass is 35.5. The largest absolute Gasteiger partial charge is 0.486 e. The molecule has 0 radical (unpaired) electrons. The van der Waals surface area contributed by atoms with Crippen LogP contribution in [0.1, 0.15) is 21.9 Å². The zero-order valence-corrected chi connectivity index (χ0v) is 18.5. The molecular weight excluding hydrogens is 457 g/mol. The van der Waals surface area contributed by atoms with E-state index < -0.39 is 0 Å². The van der Waals surface area contributed by atoms with Crippen LogP contribution < -0.4 is 4.74 Å². The van der Waals surface area contributed by atoms with Crippen LogP contribution in [-0.2, 0) is 13.2 Å². The Morgan fingerprint density at radius 2 is 1.87 bits per heavy atom. The van der Waals surface area contributed by atoms with Crippen LogP contribution in [0.15, 0.2) is 76.5 Å². The number of ether oxygens (including phenoxy) is 1. The van der Waals surface area contributed by atoms with E-state index in [1.807, 2.05) is 47.0 Å². The zero-order chi connectivity index (χ0) is 21.6. The van der Waals surface area contributed by atoms with E-state index in [-0.39, 0.29) is 18.1 Å². The molecule has 4 aromatic rings. The summed E-state index contributed by atoms with van der Waals surface area (Å²) in [5.41, 5.74) is 0.492. The Morgan fingerprint density at radius 3 is 2.61 bits per heavy atom. The van der Waals surface area contributed by atoms with Crippen LogP contribution in [0, 0.1) is 0 Å². The number of furan rings is 1. The summed E-state index contributed by atoms with van der Waals surface area (Å²) in [4.78, 5) is 12.6. The Labute approximate surface area is 193 Å². The lowest BCUT2D eigenvalue weighted by molar-refractivity contribution is 0.102. The van der Waals surface area contributed by atoms with E-state index in [1.165, 1.54) is 11.8 Å². The number of benzene rings is 2. The molecule has 6 nitrogen and oxygen atoms in total. The van der Waals surface area contributed by atoms with Gasteiger partial charge in [-0.25, -0.2) is 0 Å². The molecule has 0 saturated carbocycles. The maximum absolute atomic E-state index is 12.6. The van der Waals surface area contributed by atoms with Crippen molar-refractivity contribution in [3.63, 3.8) is 0 Å². The van der Waals surface area contributed by atoms with Crippen LogP contribution in [0.5, 0.6) is 5.75 Å². The van der Waals surface area contributed by atoms with Crippen LogP contribution in [0.3, 0.4) is 0 Å². The van der Waals surface area contributed by atoms with Crippen molar-refractivity contribution in [2.75, 3.05) is 5.75 Å². The van der Waals surface area contributed by atoms with Gasteiger partial charge in [0, 0.05) is 5.56 Å². The lowest BCUT2D eigenvalue weighted by atomic mass is 10.1. The summed E-state index contributed by atoms with van der Waals surface area (Å²) in [5.74, 6) is 2.20. The molecule has 0 N–H and O–H groups in total. The van der Waals surface area contributed by atoms with Gasteiger partial charge >= 0.3 is 0 Å². The Kier molecular flexibility index (Phi) is 6.96. The van der Waals surface area contributed by atoms with Crippen LogP contribution in [-0.4, -0.2) is 26.3 Å². The van der Waals surface area contributed by atoms with Crippen molar-refractivity contribution in [2.24, 2.45) is 0 Å². The molecule has 0 atom stereocenters. The van der Waals surface area contributed by atoms with E-state index in [4.69, 9.17) is 32.4 Å². The van der Waals surface area contributed by atoms with Gasteiger partial charge in [-0.2, -0.15) is 0 Å². The molecule has 31 heavy (non-hydrogen) atoms. The van der Waals surface area contributed by atoms with Crippen LogP contribution in [0.25, 0.3) is 0 Å². The molecule has 0 bridgehead atoms. The first kappa shape index (κ1) is 21.5. The highest BCUT2D eigenvalue weighted by Gasteiger charge is 2.17. The van der Waals surface area contributed by atoms with E-state index in [1.54, 1.807) is 24.5 Å². The highest BCUT2D eigenvalue weighted by Crippen LogP contribution is 2.25. The third-order valence-corrected chi connectivity index (χ3v) is 6.08. The third kappa shape index (κ3) is 5.50. The minimum absolute atomic E-state index is 0.0850. The molecule has 9 heteroatoms. The standard InChI is InChI=1S/C22H17Cl2N3O3S/c23-18-9-8-15(11-19(18)24)20(28)14-31-22-26-25-21(13-30-16-5-2-1-3-6-16)27(22)12-17-7-4-10-29-17/h1-11H,12-14H2. The molecule has 0 aliphatic carbocycles. The number of hydrogen-bond donors (Lipinski definition) is 0. The number of halogens is 2. The summed E-state index contributed by atoms with van der Waals surface area (Å²) in [7, 11) is 0. The van der Waals surface area contributed by atoms with Crippen LogP contribution in [0.4, 0.5) is 0 Å². The number of thioether (sulfide) groups is 1. The first-order valence-electron chi connectivity index (χ1n) is 9.33. The SMILES string of the molecule is O=C(CSc1nnc(COc2ccccc2)n1Cc1ccco1)c1ccc(Cl)c(Cl)c1. The lowest BCUT2D eigenvalue weighted by Gasteiger charge is -2.10. The van der Waals surface area contributed by atoms with Crippen molar-refractivity contribution >= 4 is 40.7 Å². The van der Waals surface area contributed by atoms with Crippen molar-refractivity contribution in [1.82, 2.24) is 14.8 Å². The molecule has 2 heterocycles. The Morgan fingerprint density at radius 1 is 1.03 bits per heavy atom. The summed E-state index contributed by atoms with van der Waals surface area (Å²) in [6.45, 7) is 0.663. The zero-order valence-electron chi connectivity index (χ0n) is 16.2. The number of para-hydroxylation sites is 1. The number of carbonyl (C=O) groups excluding carboxylic acids is 1. The van der Waals surface area contributed by atoms with E-state index in [0.29, 0.717) is 33.1 Å². The number of aromatic nitrogens is 3. The minimum atomic E-state index is -0.0850. The number of rotatable bonds is 9. The van der Waals surface area contributed by atoms with Crippen molar-refractivity contribution in [2.45, 2.75) is 18.3 Å². The van der Waals surface area contributed by atoms with Gasteiger partial charge in [0.2, 0.25) is 0 Å². The van der Waals surface area contributed by atoms with E-state index in [2.05, 4.69) is 10.2 Å². The first-order valence-corrected chi connectivity index (χ1v) is 11.1. The van der Waals surface area contributed by atoms with Crippen LogP contribution >= 0.6 is 35.0 Å². The fraction of sp³-hybridized carbons (Fsp3) is 0.136. The topological polar surface area (TPSA) is 70.2 Å². The molecule has 0 spiro atoms. The molecule has 0 aliphatic heterocycles. The van der Waals surface area contributed by atoms with Crippen molar-refractivity contribution in [3.8, 4) is 5.75 Å². The van der Waals surface area contributed by atoms with E-state index >= 15 is 0 Å². The molecule has 0 fully saturated rings. The summed E-state index contributed by atoms with van der Waals surface area (Å²) >= 11 is 13.3. The number of nitrogens with zero attached hydrogens (tertiary/aromatic N) is 3. The molecule has 0 saturated heterocycles. The lowest BCUT2D eigenvalue weighted by Crippen LogP contribution is -2.10. The van der Waals surface area contributed by atoms with Gasteiger partial charge in [-0.05, 0) is 42.5 Å². The van der Waals surface area contributed by atoms with Gasteiger partial charge in [0.25, 0.3) is 0 Å². The van der Waals surface area contributed by atoms with Gasteiger partial charge in [0.1, 0.15) is 18.1 Å². The van der Waals surface area contributed by atoms with Gasteiger partial charge in [-0.15, -0.1) is 10.2 Å².